The van der Waals surface area contributed by atoms with E-state index in [0.29, 0.717) is 9.90 Å². The van der Waals surface area contributed by atoms with Crippen LogP contribution in [0.4, 0.5) is 0 Å². The van der Waals surface area contributed by atoms with E-state index in [1.165, 1.54) is 11.3 Å². The molecule has 7 heteroatoms. The first-order valence-electron chi connectivity index (χ1n) is 8.50. The van der Waals surface area contributed by atoms with Crippen molar-refractivity contribution in [2.24, 2.45) is 0 Å². The van der Waals surface area contributed by atoms with Gasteiger partial charge in [0.25, 0.3) is 5.91 Å². The van der Waals surface area contributed by atoms with Crippen molar-refractivity contribution in [3.8, 4) is 5.69 Å². The second kappa shape index (κ2) is 7.13. The Balaban J connectivity index is 1.66. The summed E-state index contributed by atoms with van der Waals surface area (Å²) in [5.41, 5.74) is 2.57. The van der Waals surface area contributed by atoms with E-state index < -0.39 is 0 Å². The SMILES string of the molecule is Cc1nn(-c2cccc(Cl)c2)c2sc(C(=O)NC(C)c3ccccn3)cc12. The van der Waals surface area contributed by atoms with Crippen LogP contribution in [0.15, 0.2) is 54.7 Å². The molecule has 0 saturated carbocycles. The van der Waals surface area contributed by atoms with Crippen LogP contribution >= 0.6 is 22.9 Å². The molecule has 1 unspecified atom stereocenters. The topological polar surface area (TPSA) is 59.8 Å². The molecule has 1 aromatic carbocycles. The van der Waals surface area contributed by atoms with Crippen LogP contribution in [0.2, 0.25) is 5.02 Å². The number of aromatic nitrogens is 3. The van der Waals surface area contributed by atoms with Crippen LogP contribution < -0.4 is 5.32 Å². The average Bonchev–Trinajstić information content (AvgIpc) is 3.23. The Morgan fingerprint density at radius 3 is 2.81 bits per heavy atom. The number of aryl methyl sites for hydroxylation is 1. The van der Waals surface area contributed by atoms with Gasteiger partial charge in [0.15, 0.2) is 0 Å². The zero-order chi connectivity index (χ0) is 19.0. The number of hydrogen-bond donors (Lipinski definition) is 1. The maximum atomic E-state index is 12.7. The van der Waals surface area contributed by atoms with Crippen LogP contribution in [0.25, 0.3) is 15.9 Å². The average molecular weight is 397 g/mol. The van der Waals surface area contributed by atoms with Gasteiger partial charge in [-0.3, -0.25) is 9.78 Å². The van der Waals surface area contributed by atoms with Gasteiger partial charge in [0.05, 0.1) is 28.0 Å². The van der Waals surface area contributed by atoms with Crippen LogP contribution in [-0.2, 0) is 0 Å². The molecule has 0 aliphatic carbocycles. The Kier molecular flexibility index (Phi) is 4.68. The molecule has 27 heavy (non-hydrogen) atoms. The predicted octanol–water partition coefficient (Wildman–Crippen LogP) is 4.93. The summed E-state index contributed by atoms with van der Waals surface area (Å²) in [4.78, 5) is 18.6. The number of fused-ring (bicyclic) bond motifs is 1. The van der Waals surface area contributed by atoms with Gasteiger partial charge in [-0.2, -0.15) is 5.10 Å². The first-order chi connectivity index (χ1) is 13.0. The molecule has 0 bridgehead atoms. The standard InChI is InChI=1S/C20H17ClN4OS/c1-12-16-11-18(19(26)23-13(2)17-8-3-4-9-22-17)27-20(16)25(24-12)15-7-5-6-14(21)10-15/h3-11,13H,1-2H3,(H,23,26). The van der Waals surface area contributed by atoms with E-state index in [4.69, 9.17) is 11.6 Å². The van der Waals surface area contributed by atoms with Gasteiger partial charge in [0, 0.05) is 16.6 Å². The summed E-state index contributed by atoms with van der Waals surface area (Å²) in [6.07, 6.45) is 1.72. The molecule has 5 nitrogen and oxygen atoms in total. The van der Waals surface area contributed by atoms with Crippen LogP contribution in [0, 0.1) is 6.92 Å². The quantitative estimate of drug-likeness (QED) is 0.531. The number of rotatable bonds is 4. The Hall–Kier alpha value is -2.70. The number of pyridine rings is 1. The van der Waals surface area contributed by atoms with E-state index in [-0.39, 0.29) is 11.9 Å². The molecule has 0 fully saturated rings. The largest absolute Gasteiger partial charge is 0.343 e. The first kappa shape index (κ1) is 17.7. The minimum absolute atomic E-state index is 0.119. The zero-order valence-electron chi connectivity index (χ0n) is 14.8. The number of nitrogens with one attached hydrogen (secondary N) is 1. The minimum atomic E-state index is -0.172. The third-order valence-electron chi connectivity index (χ3n) is 4.30. The Morgan fingerprint density at radius 2 is 2.07 bits per heavy atom. The summed E-state index contributed by atoms with van der Waals surface area (Å²) >= 11 is 7.53. The van der Waals surface area contributed by atoms with E-state index in [0.717, 1.165) is 27.3 Å². The van der Waals surface area contributed by atoms with Crippen LogP contribution in [0.1, 0.15) is 34.0 Å². The van der Waals surface area contributed by atoms with E-state index >= 15 is 0 Å². The Bertz CT molecular complexity index is 1120. The summed E-state index contributed by atoms with van der Waals surface area (Å²) in [5, 5.41) is 9.22. The lowest BCUT2D eigenvalue weighted by atomic mass is 10.2. The van der Waals surface area contributed by atoms with Crippen molar-refractivity contribution in [1.82, 2.24) is 20.1 Å². The summed E-state index contributed by atoms with van der Waals surface area (Å²) < 4.78 is 1.83. The van der Waals surface area contributed by atoms with Crippen molar-refractivity contribution in [1.29, 1.82) is 0 Å². The van der Waals surface area contributed by atoms with Gasteiger partial charge in [-0.1, -0.05) is 23.7 Å². The fourth-order valence-electron chi connectivity index (χ4n) is 2.92. The first-order valence-corrected chi connectivity index (χ1v) is 9.69. The second-order valence-corrected chi connectivity index (χ2v) is 7.72. The number of halogens is 1. The van der Waals surface area contributed by atoms with Crippen LogP contribution in [0.5, 0.6) is 0 Å². The molecule has 1 N–H and O–H groups in total. The second-order valence-electron chi connectivity index (χ2n) is 6.26. The molecule has 0 aliphatic heterocycles. The third kappa shape index (κ3) is 3.46. The molecule has 0 radical (unpaired) electrons. The molecular weight excluding hydrogens is 380 g/mol. The van der Waals surface area contributed by atoms with Crippen molar-refractivity contribution >= 4 is 39.1 Å². The maximum Gasteiger partial charge on any atom is 0.261 e. The minimum Gasteiger partial charge on any atom is -0.343 e. The van der Waals surface area contributed by atoms with Crippen LogP contribution in [-0.4, -0.2) is 20.7 Å². The molecular formula is C20H17ClN4OS. The monoisotopic (exact) mass is 396 g/mol. The highest BCUT2D eigenvalue weighted by molar-refractivity contribution is 7.20. The molecule has 4 rings (SSSR count). The van der Waals surface area contributed by atoms with Crippen LogP contribution in [0.3, 0.4) is 0 Å². The number of carbonyl (C=O) groups is 1. The lowest BCUT2D eigenvalue weighted by Gasteiger charge is -2.12. The third-order valence-corrected chi connectivity index (χ3v) is 5.64. The van der Waals surface area contributed by atoms with Gasteiger partial charge in [-0.25, -0.2) is 4.68 Å². The van der Waals surface area contributed by atoms with E-state index in [2.05, 4.69) is 15.4 Å². The van der Waals surface area contributed by atoms with E-state index in [1.54, 1.807) is 6.20 Å². The summed E-state index contributed by atoms with van der Waals surface area (Å²) in [5.74, 6) is -0.119. The van der Waals surface area contributed by atoms with Crippen molar-refractivity contribution in [3.63, 3.8) is 0 Å². The molecule has 1 atom stereocenters. The number of hydrogen-bond acceptors (Lipinski definition) is 4. The lowest BCUT2D eigenvalue weighted by Crippen LogP contribution is -2.26. The van der Waals surface area contributed by atoms with Crippen molar-refractivity contribution in [2.45, 2.75) is 19.9 Å². The van der Waals surface area contributed by atoms with E-state index in [9.17, 15) is 4.79 Å². The fraction of sp³-hybridized carbons (Fsp3) is 0.150. The molecule has 0 saturated heterocycles. The highest BCUT2D eigenvalue weighted by Crippen LogP contribution is 2.31. The number of carbonyl (C=O) groups excluding carboxylic acids is 1. The van der Waals surface area contributed by atoms with Gasteiger partial charge < -0.3 is 5.32 Å². The van der Waals surface area contributed by atoms with Gasteiger partial charge in [-0.05, 0) is 50.2 Å². The number of thiophene rings is 1. The lowest BCUT2D eigenvalue weighted by molar-refractivity contribution is 0.0943. The predicted molar refractivity (Wildman–Crippen MR) is 109 cm³/mol. The van der Waals surface area contributed by atoms with Crippen molar-refractivity contribution in [3.05, 3.63) is 76.0 Å². The summed E-state index contributed by atoms with van der Waals surface area (Å²) in [6, 6.07) is 14.9. The zero-order valence-corrected chi connectivity index (χ0v) is 16.4. The Morgan fingerprint density at radius 1 is 1.22 bits per heavy atom. The number of nitrogens with zero attached hydrogens (tertiary/aromatic N) is 3. The van der Waals surface area contributed by atoms with Crippen molar-refractivity contribution in [2.75, 3.05) is 0 Å². The normalized spacial score (nSPS) is 12.3. The van der Waals surface area contributed by atoms with Crippen molar-refractivity contribution < 1.29 is 4.79 Å². The fourth-order valence-corrected chi connectivity index (χ4v) is 4.19. The molecule has 0 spiro atoms. The maximum absolute atomic E-state index is 12.7. The van der Waals surface area contributed by atoms with Gasteiger partial charge >= 0.3 is 0 Å². The number of amides is 1. The van der Waals surface area contributed by atoms with E-state index in [1.807, 2.05) is 67.1 Å². The van der Waals surface area contributed by atoms with Gasteiger partial charge in [-0.15, -0.1) is 11.3 Å². The summed E-state index contributed by atoms with van der Waals surface area (Å²) in [6.45, 7) is 3.86. The number of benzene rings is 1. The molecule has 4 aromatic rings. The van der Waals surface area contributed by atoms with Gasteiger partial charge in [0.2, 0.25) is 0 Å². The Labute approximate surface area is 165 Å². The molecule has 3 heterocycles. The van der Waals surface area contributed by atoms with Gasteiger partial charge in [0.1, 0.15) is 4.83 Å². The smallest absolute Gasteiger partial charge is 0.261 e. The molecule has 3 aromatic heterocycles. The highest BCUT2D eigenvalue weighted by atomic mass is 35.5. The molecule has 0 aliphatic rings. The summed E-state index contributed by atoms with van der Waals surface area (Å²) in [7, 11) is 0. The highest BCUT2D eigenvalue weighted by Gasteiger charge is 2.19. The molecule has 136 valence electrons. The molecule has 1 amide bonds.